The molecule has 1 aliphatic carbocycles. The number of benzene rings is 3. The van der Waals surface area contributed by atoms with Crippen LogP contribution in [0.4, 0.5) is 0 Å². The van der Waals surface area contributed by atoms with Crippen molar-refractivity contribution in [3.05, 3.63) is 69.7 Å². The first kappa shape index (κ1) is 16.3. The summed E-state index contributed by atoms with van der Waals surface area (Å²) in [6.07, 6.45) is 0. The molecule has 26 heavy (non-hydrogen) atoms. The number of carbonyl (C=O) groups excluding carboxylic acids is 3. The van der Waals surface area contributed by atoms with E-state index < -0.39 is 17.5 Å². The average molecular weight is 367 g/mol. The van der Waals surface area contributed by atoms with Crippen LogP contribution in [0.3, 0.4) is 0 Å². The third-order valence-corrected chi connectivity index (χ3v) is 4.71. The van der Waals surface area contributed by atoms with Crippen molar-refractivity contribution in [3.8, 4) is 11.5 Å². The fraction of sp³-hybridized carbons (Fsp3) is 0.0500. The molecule has 3 aromatic carbocycles. The summed E-state index contributed by atoms with van der Waals surface area (Å²) >= 11 is 6.46. The Bertz CT molecular complexity index is 1150. The molecule has 6 heteroatoms. The zero-order chi connectivity index (χ0) is 18.6. The van der Waals surface area contributed by atoms with Crippen molar-refractivity contribution in [3.63, 3.8) is 0 Å². The van der Waals surface area contributed by atoms with Crippen LogP contribution in [0.2, 0.25) is 5.02 Å². The van der Waals surface area contributed by atoms with Gasteiger partial charge in [0.25, 0.3) is 0 Å². The van der Waals surface area contributed by atoms with E-state index in [2.05, 4.69) is 0 Å². The summed E-state index contributed by atoms with van der Waals surface area (Å²) in [5.41, 5.74) is -0.189. The maximum atomic E-state index is 13.1. The Labute approximate surface area is 152 Å². The Kier molecular flexibility index (Phi) is 3.56. The molecule has 0 amide bonds. The Morgan fingerprint density at radius 3 is 2.31 bits per heavy atom. The van der Waals surface area contributed by atoms with Crippen LogP contribution in [0.5, 0.6) is 11.5 Å². The van der Waals surface area contributed by atoms with Gasteiger partial charge < -0.3 is 9.84 Å². The number of hydrogen-bond acceptors (Lipinski definition) is 5. The molecule has 0 fully saturated rings. The number of aromatic hydroxyl groups is 1. The number of phenolic OH excluding ortho intramolecular Hbond substituents is 1. The van der Waals surface area contributed by atoms with Gasteiger partial charge in [0.2, 0.25) is 5.78 Å². The monoisotopic (exact) mass is 366 g/mol. The van der Waals surface area contributed by atoms with Crippen LogP contribution < -0.4 is 4.74 Å². The summed E-state index contributed by atoms with van der Waals surface area (Å²) in [6, 6.07) is 11.0. The second-order valence-corrected chi connectivity index (χ2v) is 6.27. The third-order valence-electron chi connectivity index (χ3n) is 4.32. The van der Waals surface area contributed by atoms with Crippen molar-refractivity contribution in [1.29, 1.82) is 0 Å². The van der Waals surface area contributed by atoms with Crippen molar-refractivity contribution in [2.75, 3.05) is 0 Å². The van der Waals surface area contributed by atoms with Crippen molar-refractivity contribution in [1.82, 2.24) is 0 Å². The van der Waals surface area contributed by atoms with Gasteiger partial charge in [-0.25, -0.2) is 0 Å². The van der Waals surface area contributed by atoms with Crippen LogP contribution in [0.1, 0.15) is 38.8 Å². The van der Waals surface area contributed by atoms with E-state index in [0.29, 0.717) is 10.8 Å². The predicted octanol–water partition coefficient (Wildman–Crippen LogP) is 3.90. The highest BCUT2D eigenvalue weighted by molar-refractivity contribution is 6.44. The number of ether oxygens (including phenoxy) is 1. The van der Waals surface area contributed by atoms with Gasteiger partial charge in [0.15, 0.2) is 11.5 Å². The van der Waals surface area contributed by atoms with E-state index in [-0.39, 0.29) is 38.8 Å². The minimum Gasteiger partial charge on any atom is -0.507 e. The van der Waals surface area contributed by atoms with Gasteiger partial charge in [-0.15, -0.1) is 0 Å². The normalized spacial score (nSPS) is 12.7. The van der Waals surface area contributed by atoms with Crippen molar-refractivity contribution in [2.24, 2.45) is 0 Å². The van der Waals surface area contributed by atoms with Crippen LogP contribution >= 0.6 is 11.6 Å². The highest BCUT2D eigenvalue weighted by Crippen LogP contribution is 2.45. The summed E-state index contributed by atoms with van der Waals surface area (Å²) in [5.74, 6) is -2.10. The lowest BCUT2D eigenvalue weighted by atomic mass is 9.81. The zero-order valence-electron chi connectivity index (χ0n) is 13.5. The fourth-order valence-corrected chi connectivity index (χ4v) is 3.62. The molecule has 0 unspecified atom stereocenters. The van der Waals surface area contributed by atoms with E-state index in [9.17, 15) is 19.5 Å². The molecule has 0 saturated carbocycles. The quantitative estimate of drug-likeness (QED) is 0.408. The second kappa shape index (κ2) is 5.68. The van der Waals surface area contributed by atoms with E-state index in [1.54, 1.807) is 24.3 Å². The minimum atomic E-state index is -0.636. The SMILES string of the molecule is CC(=O)Oc1c2c(c(Cl)c3ccccc13)C(=O)c1cccc(O)c1C2=O. The molecular formula is C20H11ClO5. The lowest BCUT2D eigenvalue weighted by molar-refractivity contribution is -0.131. The number of rotatable bonds is 1. The zero-order valence-corrected chi connectivity index (χ0v) is 14.3. The van der Waals surface area contributed by atoms with Crippen molar-refractivity contribution in [2.45, 2.75) is 6.92 Å². The minimum absolute atomic E-state index is 0.0234. The molecule has 4 rings (SSSR count). The molecule has 5 nitrogen and oxygen atoms in total. The van der Waals surface area contributed by atoms with Crippen molar-refractivity contribution < 1.29 is 24.2 Å². The van der Waals surface area contributed by atoms with Gasteiger partial charge in [0.1, 0.15) is 5.75 Å². The van der Waals surface area contributed by atoms with E-state index in [1.165, 1.54) is 25.1 Å². The lowest BCUT2D eigenvalue weighted by Gasteiger charge is -2.23. The number of ketones is 2. The van der Waals surface area contributed by atoms with E-state index in [1.807, 2.05) is 0 Å². The Balaban J connectivity index is 2.19. The average Bonchev–Trinajstić information content (AvgIpc) is 2.61. The molecule has 0 atom stereocenters. The molecule has 0 spiro atoms. The molecule has 0 heterocycles. The molecule has 0 radical (unpaired) electrons. The molecule has 3 aromatic rings. The highest BCUT2D eigenvalue weighted by atomic mass is 35.5. The Morgan fingerprint density at radius 1 is 0.923 bits per heavy atom. The molecule has 128 valence electrons. The maximum absolute atomic E-state index is 13.1. The summed E-state index contributed by atoms with van der Waals surface area (Å²) in [4.78, 5) is 37.8. The van der Waals surface area contributed by atoms with Gasteiger partial charge in [0.05, 0.1) is 21.7 Å². The molecular weight excluding hydrogens is 356 g/mol. The molecule has 0 aliphatic heterocycles. The molecule has 0 saturated heterocycles. The van der Waals surface area contributed by atoms with Gasteiger partial charge >= 0.3 is 5.97 Å². The lowest BCUT2D eigenvalue weighted by Crippen LogP contribution is -2.23. The third kappa shape index (κ3) is 2.14. The summed E-state index contributed by atoms with van der Waals surface area (Å²) in [5, 5.41) is 11.2. The van der Waals surface area contributed by atoms with Gasteiger partial charge in [-0.2, -0.15) is 0 Å². The van der Waals surface area contributed by atoms with Crippen LogP contribution in [-0.4, -0.2) is 22.6 Å². The van der Waals surface area contributed by atoms with Gasteiger partial charge in [-0.3, -0.25) is 14.4 Å². The van der Waals surface area contributed by atoms with Crippen LogP contribution in [0, 0.1) is 0 Å². The van der Waals surface area contributed by atoms with Crippen LogP contribution in [0.25, 0.3) is 10.8 Å². The number of fused-ring (bicyclic) bond motifs is 3. The molecule has 0 aromatic heterocycles. The van der Waals surface area contributed by atoms with Crippen molar-refractivity contribution >= 4 is 39.9 Å². The van der Waals surface area contributed by atoms with Crippen LogP contribution in [-0.2, 0) is 4.79 Å². The second-order valence-electron chi connectivity index (χ2n) is 5.89. The summed E-state index contributed by atoms with van der Waals surface area (Å²) < 4.78 is 5.30. The number of phenols is 1. The highest BCUT2D eigenvalue weighted by Gasteiger charge is 2.38. The van der Waals surface area contributed by atoms with Gasteiger partial charge in [-0.05, 0) is 6.07 Å². The van der Waals surface area contributed by atoms with E-state index in [0.717, 1.165) is 0 Å². The largest absolute Gasteiger partial charge is 0.507 e. The standard InChI is InChI=1S/C20H11ClO5/c1-9(22)26-20-11-6-3-2-5-10(11)17(21)15-16(20)19(25)14-12(18(15)24)7-4-8-13(14)23/h2-8,23H,1H3. The first-order valence-electron chi connectivity index (χ1n) is 7.75. The van der Waals surface area contributed by atoms with Crippen LogP contribution in [0.15, 0.2) is 42.5 Å². The predicted molar refractivity (Wildman–Crippen MR) is 95.2 cm³/mol. The topological polar surface area (TPSA) is 80.7 Å². The van der Waals surface area contributed by atoms with Gasteiger partial charge in [-0.1, -0.05) is 48.0 Å². The summed E-state index contributed by atoms with van der Waals surface area (Å²) in [7, 11) is 0. The number of hydrogen-bond donors (Lipinski definition) is 1. The summed E-state index contributed by atoms with van der Waals surface area (Å²) in [6.45, 7) is 1.20. The number of halogens is 1. The first-order valence-corrected chi connectivity index (χ1v) is 8.13. The first-order chi connectivity index (χ1) is 12.4. The van der Waals surface area contributed by atoms with Gasteiger partial charge in [0, 0.05) is 23.3 Å². The molecule has 1 aliphatic rings. The maximum Gasteiger partial charge on any atom is 0.308 e. The number of carbonyl (C=O) groups is 3. The molecule has 1 N–H and O–H groups in total. The van der Waals surface area contributed by atoms with E-state index in [4.69, 9.17) is 16.3 Å². The Morgan fingerprint density at radius 2 is 1.62 bits per heavy atom. The van der Waals surface area contributed by atoms with E-state index >= 15 is 0 Å². The fourth-order valence-electron chi connectivity index (χ4n) is 3.27. The molecule has 0 bridgehead atoms. The Hall–Kier alpha value is -3.18. The smallest absolute Gasteiger partial charge is 0.308 e. The number of esters is 1.